The Hall–Kier alpha value is -0.141. The molecule has 2 nitrogen and oxygen atoms in total. The molecule has 0 saturated heterocycles. The average molecular weight is 147 g/mol. The zero-order valence-electron chi connectivity index (χ0n) is 3.14. The molecule has 0 aromatic rings. The van der Waals surface area contributed by atoms with Crippen LogP contribution in [0, 0.1) is 5.41 Å². The van der Waals surface area contributed by atoms with Gasteiger partial charge in [-0.1, -0.05) is 0 Å². The fraction of sp³-hybridized carbons (Fsp3) is 0.333. The van der Waals surface area contributed by atoms with E-state index >= 15 is 0 Å². The van der Waals surface area contributed by atoms with E-state index in [0.29, 0.717) is 20.8 Å². The molecule has 0 fully saturated rings. The van der Waals surface area contributed by atoms with E-state index in [4.69, 9.17) is 5.41 Å². The molecule has 0 bridgehead atoms. The number of rotatable bonds is 0. The standard InChI is InChI=1S/C3H4N2Se/c4-3-1-6-2-5-3/h2,4H,1H2. The SMILES string of the molecule is N=C1C[Se]C=N1. The van der Waals surface area contributed by atoms with Crippen LogP contribution in [-0.2, 0) is 0 Å². The van der Waals surface area contributed by atoms with Crippen LogP contribution < -0.4 is 0 Å². The van der Waals surface area contributed by atoms with Crippen molar-refractivity contribution in [3.8, 4) is 0 Å². The summed E-state index contributed by atoms with van der Waals surface area (Å²) in [5.41, 5.74) is 0. The van der Waals surface area contributed by atoms with E-state index in [1.54, 1.807) is 0 Å². The number of hydrogen-bond donors (Lipinski definition) is 1. The first-order chi connectivity index (χ1) is 2.89. The first-order valence-electron chi connectivity index (χ1n) is 1.61. The molecule has 0 spiro atoms. The van der Waals surface area contributed by atoms with Gasteiger partial charge in [0, 0.05) is 0 Å². The monoisotopic (exact) mass is 148 g/mol. The summed E-state index contributed by atoms with van der Waals surface area (Å²) in [5, 5.41) is 9.62. The van der Waals surface area contributed by atoms with E-state index in [9.17, 15) is 0 Å². The van der Waals surface area contributed by atoms with Gasteiger partial charge in [-0.05, 0) is 0 Å². The van der Waals surface area contributed by atoms with E-state index < -0.39 is 0 Å². The number of nitrogens with one attached hydrogen (secondary N) is 1. The van der Waals surface area contributed by atoms with Crippen molar-refractivity contribution >= 4 is 25.9 Å². The maximum atomic E-state index is 6.87. The molecule has 0 saturated carbocycles. The first kappa shape index (κ1) is 4.03. The molecular formula is C3H4N2Se. The molecule has 0 radical (unpaired) electrons. The molecule has 1 N–H and O–H groups in total. The molecule has 0 unspecified atom stereocenters. The number of nitrogens with zero attached hydrogens (tertiary/aromatic N) is 1. The van der Waals surface area contributed by atoms with Gasteiger partial charge in [0.05, 0.1) is 0 Å². The van der Waals surface area contributed by atoms with Gasteiger partial charge in [0.2, 0.25) is 0 Å². The molecule has 0 aromatic carbocycles. The maximum absolute atomic E-state index is 6.87. The molecule has 0 aromatic heterocycles. The normalized spacial score (nSPS) is 19.7. The van der Waals surface area contributed by atoms with Gasteiger partial charge in [-0.25, -0.2) is 0 Å². The number of hydrogen-bond acceptors (Lipinski definition) is 1. The van der Waals surface area contributed by atoms with Crippen LogP contribution in [0.1, 0.15) is 0 Å². The fourth-order valence-electron chi connectivity index (χ4n) is 0.254. The van der Waals surface area contributed by atoms with Gasteiger partial charge in [0.1, 0.15) is 0 Å². The van der Waals surface area contributed by atoms with Gasteiger partial charge >= 0.3 is 41.6 Å². The third-order valence-electron chi connectivity index (χ3n) is 0.503. The van der Waals surface area contributed by atoms with E-state index in [0.717, 1.165) is 5.32 Å². The van der Waals surface area contributed by atoms with Crippen LogP contribution in [0.5, 0.6) is 0 Å². The van der Waals surface area contributed by atoms with Crippen molar-refractivity contribution in [3.63, 3.8) is 0 Å². The Morgan fingerprint density at radius 2 is 2.83 bits per heavy atom. The third-order valence-corrected chi connectivity index (χ3v) is 1.96. The van der Waals surface area contributed by atoms with Crippen molar-refractivity contribution in [1.29, 1.82) is 5.41 Å². The molecule has 1 aliphatic heterocycles. The van der Waals surface area contributed by atoms with Crippen molar-refractivity contribution in [2.75, 3.05) is 0 Å². The average Bonchev–Trinajstić information content (AvgIpc) is 1.86. The topological polar surface area (TPSA) is 36.2 Å². The summed E-state index contributed by atoms with van der Waals surface area (Å²) in [4.78, 5) is 3.72. The Morgan fingerprint density at radius 1 is 2.00 bits per heavy atom. The molecule has 32 valence electrons. The van der Waals surface area contributed by atoms with Gasteiger partial charge in [-0.2, -0.15) is 0 Å². The Labute approximate surface area is 42.3 Å². The van der Waals surface area contributed by atoms with Crippen LogP contribution in [0.2, 0.25) is 5.32 Å². The second kappa shape index (κ2) is 1.54. The van der Waals surface area contributed by atoms with E-state index in [1.165, 1.54) is 0 Å². The molecule has 0 aliphatic carbocycles. The second-order valence-electron chi connectivity index (χ2n) is 0.992. The summed E-state index contributed by atoms with van der Waals surface area (Å²) in [6.07, 6.45) is 0. The Morgan fingerprint density at radius 3 is 3.00 bits per heavy atom. The number of aliphatic imine (C=N–C) groups is 1. The summed E-state index contributed by atoms with van der Waals surface area (Å²) in [5.74, 6) is 0.551. The van der Waals surface area contributed by atoms with Gasteiger partial charge in [-0.15, -0.1) is 0 Å². The summed E-state index contributed by atoms with van der Waals surface area (Å²) < 4.78 is 0. The Kier molecular flexibility index (Phi) is 1.03. The zero-order chi connectivity index (χ0) is 4.41. The van der Waals surface area contributed by atoms with Crippen molar-refractivity contribution in [1.82, 2.24) is 0 Å². The molecule has 3 heteroatoms. The third kappa shape index (κ3) is 0.671. The second-order valence-corrected chi connectivity index (χ2v) is 2.74. The molecule has 1 heterocycles. The summed E-state index contributed by atoms with van der Waals surface area (Å²) >= 11 is 0.525. The summed E-state index contributed by atoms with van der Waals surface area (Å²) in [6.45, 7) is 0. The van der Waals surface area contributed by atoms with Gasteiger partial charge < -0.3 is 0 Å². The van der Waals surface area contributed by atoms with Crippen LogP contribution in [-0.4, -0.2) is 25.9 Å². The van der Waals surface area contributed by atoms with Crippen LogP contribution in [0.4, 0.5) is 0 Å². The van der Waals surface area contributed by atoms with Gasteiger partial charge in [0.25, 0.3) is 0 Å². The van der Waals surface area contributed by atoms with Crippen molar-refractivity contribution in [2.24, 2.45) is 4.99 Å². The van der Waals surface area contributed by atoms with Crippen LogP contribution in [0.25, 0.3) is 0 Å². The minimum absolute atomic E-state index is 0.525. The van der Waals surface area contributed by atoms with E-state index in [2.05, 4.69) is 4.99 Å². The Balaban J connectivity index is 2.59. The minimum atomic E-state index is 0.525. The Bertz CT molecular complexity index is 97.0. The number of amidine groups is 1. The molecule has 0 atom stereocenters. The molecule has 0 amide bonds. The molecule has 6 heavy (non-hydrogen) atoms. The first-order valence-corrected chi connectivity index (χ1v) is 3.81. The molecule has 1 rings (SSSR count). The van der Waals surface area contributed by atoms with Crippen LogP contribution >= 0.6 is 0 Å². The van der Waals surface area contributed by atoms with Crippen LogP contribution in [0.3, 0.4) is 0 Å². The van der Waals surface area contributed by atoms with E-state index in [1.807, 2.05) is 5.11 Å². The predicted molar refractivity (Wildman–Crippen MR) is 26.8 cm³/mol. The summed E-state index contributed by atoms with van der Waals surface area (Å²) in [7, 11) is 0. The fourth-order valence-corrected chi connectivity index (χ4v) is 1.32. The van der Waals surface area contributed by atoms with Crippen molar-refractivity contribution in [3.05, 3.63) is 0 Å². The summed E-state index contributed by atoms with van der Waals surface area (Å²) in [6, 6.07) is 0. The molecular weight excluding hydrogens is 143 g/mol. The van der Waals surface area contributed by atoms with Gasteiger partial charge in [-0.3, -0.25) is 0 Å². The van der Waals surface area contributed by atoms with Crippen LogP contribution in [0.15, 0.2) is 4.99 Å². The zero-order valence-corrected chi connectivity index (χ0v) is 4.85. The molecule has 1 aliphatic rings. The quantitative estimate of drug-likeness (QED) is 0.473. The van der Waals surface area contributed by atoms with Crippen molar-refractivity contribution in [2.45, 2.75) is 5.32 Å². The predicted octanol–water partition coefficient (Wildman–Crippen LogP) is 0.128. The van der Waals surface area contributed by atoms with Gasteiger partial charge in [0.15, 0.2) is 0 Å². The van der Waals surface area contributed by atoms with E-state index in [-0.39, 0.29) is 0 Å². The van der Waals surface area contributed by atoms with Crippen molar-refractivity contribution < 1.29 is 0 Å².